The molecule has 0 heterocycles. The molecular weight excluding hydrogens is 341 g/mol. The molecule has 1 radical (unpaired) electrons. The third-order valence-corrected chi connectivity index (χ3v) is 2.73. The van der Waals surface area contributed by atoms with Gasteiger partial charge in [0.15, 0.2) is 5.70 Å². The molecule has 7 heteroatoms. The van der Waals surface area contributed by atoms with E-state index in [-0.39, 0.29) is 39.7 Å². The van der Waals surface area contributed by atoms with E-state index in [9.17, 15) is 15.0 Å². The van der Waals surface area contributed by atoms with Gasteiger partial charge >= 0.3 is 0 Å². The van der Waals surface area contributed by atoms with E-state index >= 15 is 0 Å². The molecule has 6 nitrogen and oxygen atoms in total. The summed E-state index contributed by atoms with van der Waals surface area (Å²) >= 11 is 0. The molecule has 0 aliphatic rings. The second-order valence-corrected chi connectivity index (χ2v) is 4.44. The predicted octanol–water partition coefficient (Wildman–Crippen LogP) is 3.90. The second kappa shape index (κ2) is 8.72. The Kier molecular flexibility index (Phi) is 6.97. The SMILES string of the molecule is C/C(O)=C(/N=Nc1ccccc1O)C(=O)Nc1ccccc1.[Co]. The minimum Gasteiger partial charge on any atom is -0.510 e. The summed E-state index contributed by atoms with van der Waals surface area (Å²) < 4.78 is 0. The van der Waals surface area contributed by atoms with Crippen molar-refractivity contribution >= 4 is 17.3 Å². The fourth-order valence-electron chi connectivity index (χ4n) is 1.65. The van der Waals surface area contributed by atoms with Crippen molar-refractivity contribution in [2.75, 3.05) is 5.32 Å². The fraction of sp³-hybridized carbons (Fsp3) is 0.0625. The van der Waals surface area contributed by atoms with Crippen molar-refractivity contribution < 1.29 is 31.8 Å². The molecule has 0 aliphatic carbocycles. The minimum absolute atomic E-state index is 0. The van der Waals surface area contributed by atoms with Crippen LogP contribution in [0.2, 0.25) is 0 Å². The summed E-state index contributed by atoms with van der Waals surface area (Å²) in [4.78, 5) is 12.1. The standard InChI is InChI=1S/C16H15N3O3.Co/c1-11(20)15(16(22)17-12-7-3-2-4-8-12)19-18-13-9-5-6-10-14(13)21;/h2-10,20-21H,1H3,(H,17,22);/b15-11-,19-18?;. The van der Waals surface area contributed by atoms with Crippen molar-refractivity contribution in [2.24, 2.45) is 10.2 Å². The maximum atomic E-state index is 12.1. The number of phenols is 1. The van der Waals surface area contributed by atoms with Gasteiger partial charge in [-0.05, 0) is 31.2 Å². The van der Waals surface area contributed by atoms with E-state index in [4.69, 9.17) is 0 Å². The van der Waals surface area contributed by atoms with E-state index in [1.165, 1.54) is 19.1 Å². The molecule has 2 aromatic rings. The number of azo groups is 1. The van der Waals surface area contributed by atoms with Gasteiger partial charge in [-0.3, -0.25) is 4.79 Å². The number of aliphatic hydroxyl groups excluding tert-OH is 1. The summed E-state index contributed by atoms with van der Waals surface area (Å²) in [6.07, 6.45) is 0. The molecule has 2 aromatic carbocycles. The van der Waals surface area contributed by atoms with Crippen LogP contribution in [0, 0.1) is 0 Å². The average Bonchev–Trinajstić information content (AvgIpc) is 2.50. The molecular formula is C16H15CoN3O3. The van der Waals surface area contributed by atoms with Gasteiger partial charge in [0.1, 0.15) is 17.2 Å². The maximum absolute atomic E-state index is 12.1. The number of carbonyl (C=O) groups excluding carboxylic acids is 1. The Hall–Kier alpha value is -2.64. The first-order chi connectivity index (χ1) is 10.6. The van der Waals surface area contributed by atoms with Crippen LogP contribution in [0.1, 0.15) is 6.92 Å². The number of phenolic OH excluding ortho intramolecular Hbond substituents is 1. The van der Waals surface area contributed by atoms with Gasteiger partial charge in [-0.1, -0.05) is 30.3 Å². The number of hydrogen-bond acceptors (Lipinski definition) is 5. The maximum Gasteiger partial charge on any atom is 0.279 e. The van der Waals surface area contributed by atoms with Crippen LogP contribution in [0.4, 0.5) is 11.4 Å². The van der Waals surface area contributed by atoms with Gasteiger partial charge in [0, 0.05) is 22.5 Å². The third kappa shape index (κ3) is 5.24. The number of nitrogens with zero attached hydrogens (tertiary/aromatic N) is 2. The van der Waals surface area contributed by atoms with Gasteiger partial charge in [-0.15, -0.1) is 10.2 Å². The zero-order valence-corrected chi connectivity index (χ0v) is 13.3. The van der Waals surface area contributed by atoms with Crippen molar-refractivity contribution in [1.82, 2.24) is 0 Å². The van der Waals surface area contributed by atoms with Crippen molar-refractivity contribution in [3.63, 3.8) is 0 Å². The summed E-state index contributed by atoms with van der Waals surface area (Å²) in [5, 5.41) is 29.3. The minimum atomic E-state index is -0.592. The molecule has 3 N–H and O–H groups in total. The van der Waals surface area contributed by atoms with Crippen LogP contribution < -0.4 is 5.32 Å². The number of allylic oxidation sites excluding steroid dienone is 1. The quantitative estimate of drug-likeness (QED) is 0.440. The Balaban J connectivity index is 0.00000264. The Morgan fingerprint density at radius 3 is 2.26 bits per heavy atom. The van der Waals surface area contributed by atoms with Gasteiger partial charge in [0.25, 0.3) is 5.91 Å². The van der Waals surface area contributed by atoms with Crippen LogP contribution >= 0.6 is 0 Å². The van der Waals surface area contributed by atoms with Crippen LogP contribution in [0.5, 0.6) is 5.75 Å². The first kappa shape index (κ1) is 18.4. The number of aliphatic hydroxyl groups is 1. The number of aromatic hydroxyl groups is 1. The molecule has 0 bridgehead atoms. The van der Waals surface area contributed by atoms with Gasteiger partial charge in [-0.2, -0.15) is 0 Å². The summed E-state index contributed by atoms with van der Waals surface area (Å²) in [7, 11) is 0. The topological polar surface area (TPSA) is 94.3 Å². The van der Waals surface area contributed by atoms with Gasteiger partial charge < -0.3 is 15.5 Å². The third-order valence-electron chi connectivity index (χ3n) is 2.73. The smallest absolute Gasteiger partial charge is 0.279 e. The molecule has 0 unspecified atom stereocenters. The molecule has 0 spiro atoms. The van der Waals surface area contributed by atoms with Gasteiger partial charge in [0.2, 0.25) is 0 Å². The molecule has 0 atom stereocenters. The number of anilines is 1. The molecule has 0 aromatic heterocycles. The van der Waals surface area contributed by atoms with E-state index in [0.29, 0.717) is 5.69 Å². The molecule has 0 saturated heterocycles. The second-order valence-electron chi connectivity index (χ2n) is 4.44. The number of rotatable bonds is 4. The number of amides is 1. The number of para-hydroxylation sites is 2. The first-order valence-corrected chi connectivity index (χ1v) is 6.54. The van der Waals surface area contributed by atoms with Crippen LogP contribution in [0.25, 0.3) is 0 Å². The van der Waals surface area contributed by atoms with Crippen LogP contribution in [0.3, 0.4) is 0 Å². The van der Waals surface area contributed by atoms with E-state index in [1.807, 2.05) is 6.07 Å². The Labute approximate surface area is 143 Å². The Bertz CT molecular complexity index is 726. The summed E-state index contributed by atoms with van der Waals surface area (Å²) in [5.74, 6) is -0.928. The number of carbonyl (C=O) groups is 1. The number of hydrogen-bond donors (Lipinski definition) is 3. The van der Waals surface area contributed by atoms with E-state index in [0.717, 1.165) is 0 Å². The number of nitrogens with one attached hydrogen (secondary N) is 1. The van der Waals surface area contributed by atoms with Crippen molar-refractivity contribution in [3.8, 4) is 5.75 Å². The fourth-order valence-corrected chi connectivity index (χ4v) is 1.65. The number of benzene rings is 2. The Morgan fingerprint density at radius 1 is 1.04 bits per heavy atom. The average molecular weight is 356 g/mol. The summed E-state index contributed by atoms with van der Waals surface area (Å²) in [6, 6.07) is 15.1. The van der Waals surface area contributed by atoms with E-state index in [2.05, 4.69) is 15.5 Å². The van der Waals surface area contributed by atoms with Gasteiger partial charge in [0.05, 0.1) is 0 Å². The zero-order chi connectivity index (χ0) is 15.9. The zero-order valence-electron chi connectivity index (χ0n) is 12.2. The van der Waals surface area contributed by atoms with Crippen molar-refractivity contribution in [2.45, 2.75) is 6.92 Å². The van der Waals surface area contributed by atoms with Crippen molar-refractivity contribution in [3.05, 3.63) is 66.1 Å². The normalized spacial score (nSPS) is 11.5. The molecule has 23 heavy (non-hydrogen) atoms. The first-order valence-electron chi connectivity index (χ1n) is 6.54. The molecule has 0 aliphatic heterocycles. The summed E-state index contributed by atoms with van der Waals surface area (Å²) in [5.41, 5.74) is 0.546. The largest absolute Gasteiger partial charge is 0.510 e. The molecule has 121 valence electrons. The van der Waals surface area contributed by atoms with Crippen LogP contribution in [-0.2, 0) is 21.6 Å². The van der Waals surface area contributed by atoms with E-state index in [1.54, 1.807) is 36.4 Å². The van der Waals surface area contributed by atoms with E-state index < -0.39 is 5.91 Å². The monoisotopic (exact) mass is 356 g/mol. The molecule has 2 rings (SSSR count). The molecule has 1 amide bonds. The predicted molar refractivity (Wildman–Crippen MR) is 83.0 cm³/mol. The van der Waals surface area contributed by atoms with Crippen LogP contribution in [0.15, 0.2) is 76.3 Å². The van der Waals surface area contributed by atoms with Crippen LogP contribution in [-0.4, -0.2) is 16.1 Å². The summed E-state index contributed by atoms with van der Waals surface area (Å²) in [6.45, 7) is 1.34. The van der Waals surface area contributed by atoms with Crippen molar-refractivity contribution in [1.29, 1.82) is 0 Å². The van der Waals surface area contributed by atoms with Gasteiger partial charge in [-0.25, -0.2) is 0 Å². The Morgan fingerprint density at radius 2 is 1.65 bits per heavy atom. The molecule has 0 fully saturated rings. The molecule has 0 saturated carbocycles.